The molecule has 4 aromatic rings. The van der Waals surface area contributed by atoms with Gasteiger partial charge >= 0.3 is 0 Å². The van der Waals surface area contributed by atoms with Gasteiger partial charge in [-0.05, 0) is 17.7 Å². The standard InChI is InChI=1S/C22H21N5OS/c1-26(13-18-12-24-27(15-18)14-17-7-3-2-4-8-17)21(28)11-19-16-29-22(25-19)20-9-5-6-10-23-20/h2-10,12,15-16H,11,13-14H2,1H3. The number of carbonyl (C=O) groups excluding carboxylic acids is 1. The Kier molecular flexibility index (Phi) is 5.76. The molecule has 3 heterocycles. The van der Waals surface area contributed by atoms with Crippen LogP contribution in [0.5, 0.6) is 0 Å². The van der Waals surface area contributed by atoms with Crippen molar-refractivity contribution in [3.63, 3.8) is 0 Å². The van der Waals surface area contributed by atoms with Gasteiger partial charge in [-0.25, -0.2) is 4.98 Å². The minimum atomic E-state index is 0.0266. The third-order valence-electron chi connectivity index (χ3n) is 4.49. The van der Waals surface area contributed by atoms with Crippen molar-refractivity contribution in [1.29, 1.82) is 0 Å². The van der Waals surface area contributed by atoms with Crippen molar-refractivity contribution in [2.75, 3.05) is 7.05 Å². The van der Waals surface area contributed by atoms with E-state index in [1.165, 1.54) is 16.9 Å². The highest BCUT2D eigenvalue weighted by Gasteiger charge is 2.14. The second-order valence-corrected chi connectivity index (χ2v) is 7.68. The van der Waals surface area contributed by atoms with E-state index in [1.54, 1.807) is 11.1 Å². The number of carbonyl (C=O) groups is 1. The van der Waals surface area contributed by atoms with Gasteiger partial charge in [0.1, 0.15) is 5.01 Å². The van der Waals surface area contributed by atoms with Crippen LogP contribution in [0.1, 0.15) is 16.8 Å². The van der Waals surface area contributed by atoms with Gasteiger partial charge in [-0.15, -0.1) is 11.3 Å². The second-order valence-electron chi connectivity index (χ2n) is 6.82. The van der Waals surface area contributed by atoms with Gasteiger partial charge in [0.2, 0.25) is 5.91 Å². The number of hydrogen-bond acceptors (Lipinski definition) is 5. The molecule has 146 valence electrons. The lowest BCUT2D eigenvalue weighted by Crippen LogP contribution is -2.27. The van der Waals surface area contributed by atoms with Crippen LogP contribution < -0.4 is 0 Å². The summed E-state index contributed by atoms with van der Waals surface area (Å²) >= 11 is 1.51. The van der Waals surface area contributed by atoms with Crippen LogP contribution in [0, 0.1) is 0 Å². The number of hydrogen-bond donors (Lipinski definition) is 0. The lowest BCUT2D eigenvalue weighted by molar-refractivity contribution is -0.129. The molecule has 0 atom stereocenters. The summed E-state index contributed by atoms with van der Waals surface area (Å²) in [4.78, 5) is 23.2. The Balaban J connectivity index is 1.34. The molecule has 7 heteroatoms. The SMILES string of the molecule is CN(Cc1cnn(Cc2ccccc2)c1)C(=O)Cc1csc(-c2ccccn2)n1. The molecule has 0 radical (unpaired) electrons. The Morgan fingerprint density at radius 2 is 1.93 bits per heavy atom. The molecule has 1 amide bonds. The van der Waals surface area contributed by atoms with E-state index in [9.17, 15) is 4.79 Å². The quantitative estimate of drug-likeness (QED) is 0.472. The number of thiazole rings is 1. The summed E-state index contributed by atoms with van der Waals surface area (Å²) in [7, 11) is 1.81. The van der Waals surface area contributed by atoms with Crippen molar-refractivity contribution in [1.82, 2.24) is 24.6 Å². The molecule has 29 heavy (non-hydrogen) atoms. The van der Waals surface area contributed by atoms with Crippen molar-refractivity contribution in [2.24, 2.45) is 0 Å². The summed E-state index contributed by atoms with van der Waals surface area (Å²) in [6.07, 6.45) is 5.82. The Morgan fingerprint density at radius 3 is 2.72 bits per heavy atom. The van der Waals surface area contributed by atoms with Crippen molar-refractivity contribution in [3.8, 4) is 10.7 Å². The molecule has 0 N–H and O–H groups in total. The first-order valence-corrected chi connectivity index (χ1v) is 10.2. The topological polar surface area (TPSA) is 63.9 Å². The van der Waals surface area contributed by atoms with Crippen LogP contribution in [-0.4, -0.2) is 37.6 Å². The summed E-state index contributed by atoms with van der Waals surface area (Å²) in [6.45, 7) is 1.23. The lowest BCUT2D eigenvalue weighted by Gasteiger charge is -2.15. The summed E-state index contributed by atoms with van der Waals surface area (Å²) < 4.78 is 1.89. The van der Waals surface area contributed by atoms with Crippen LogP contribution in [0.15, 0.2) is 72.5 Å². The van der Waals surface area contributed by atoms with Crippen LogP contribution in [0.4, 0.5) is 0 Å². The highest BCUT2D eigenvalue weighted by molar-refractivity contribution is 7.13. The molecule has 4 rings (SSSR count). The molecule has 0 saturated carbocycles. The van der Waals surface area contributed by atoms with Crippen molar-refractivity contribution >= 4 is 17.2 Å². The van der Waals surface area contributed by atoms with Crippen LogP contribution in [0.3, 0.4) is 0 Å². The van der Waals surface area contributed by atoms with Crippen LogP contribution >= 0.6 is 11.3 Å². The van der Waals surface area contributed by atoms with Crippen LogP contribution in [0.2, 0.25) is 0 Å². The fourth-order valence-electron chi connectivity index (χ4n) is 2.99. The molecule has 0 saturated heterocycles. The molecule has 0 aliphatic carbocycles. The van der Waals surface area contributed by atoms with E-state index in [4.69, 9.17) is 0 Å². The number of amides is 1. The fraction of sp³-hybridized carbons (Fsp3) is 0.182. The van der Waals surface area contributed by atoms with E-state index in [0.29, 0.717) is 13.1 Å². The molecule has 0 bridgehead atoms. The largest absolute Gasteiger partial charge is 0.341 e. The monoisotopic (exact) mass is 403 g/mol. The summed E-state index contributed by atoms with van der Waals surface area (Å²) in [6, 6.07) is 15.9. The number of rotatable bonds is 7. The van der Waals surface area contributed by atoms with Gasteiger partial charge in [0.05, 0.1) is 30.6 Å². The Labute approximate surface area is 173 Å². The average molecular weight is 404 g/mol. The highest BCUT2D eigenvalue weighted by Crippen LogP contribution is 2.21. The molecular weight excluding hydrogens is 382 g/mol. The van der Waals surface area contributed by atoms with Gasteiger partial charge in [-0.3, -0.25) is 14.5 Å². The molecule has 0 fully saturated rings. The van der Waals surface area contributed by atoms with E-state index in [2.05, 4.69) is 27.2 Å². The highest BCUT2D eigenvalue weighted by atomic mass is 32.1. The molecule has 6 nitrogen and oxygen atoms in total. The third kappa shape index (κ3) is 4.94. The first-order valence-electron chi connectivity index (χ1n) is 9.32. The Hall–Kier alpha value is -3.32. The van der Waals surface area contributed by atoms with Gasteiger partial charge in [0.15, 0.2) is 0 Å². The minimum Gasteiger partial charge on any atom is -0.341 e. The first kappa shape index (κ1) is 19.0. The van der Waals surface area contributed by atoms with Gasteiger partial charge in [0, 0.05) is 36.9 Å². The zero-order chi connectivity index (χ0) is 20.1. The van der Waals surface area contributed by atoms with Crippen LogP contribution in [-0.2, 0) is 24.3 Å². The number of benzene rings is 1. The van der Waals surface area contributed by atoms with E-state index >= 15 is 0 Å². The summed E-state index contributed by atoms with van der Waals surface area (Å²) in [5.41, 5.74) is 3.80. The van der Waals surface area contributed by atoms with Gasteiger partial charge in [-0.2, -0.15) is 5.10 Å². The maximum atomic E-state index is 12.6. The minimum absolute atomic E-state index is 0.0266. The normalized spacial score (nSPS) is 10.8. The smallest absolute Gasteiger partial charge is 0.228 e. The lowest BCUT2D eigenvalue weighted by atomic mass is 10.2. The van der Waals surface area contributed by atoms with Gasteiger partial charge < -0.3 is 4.90 Å². The molecular formula is C22H21N5OS. The fourth-order valence-corrected chi connectivity index (χ4v) is 3.79. The zero-order valence-corrected chi connectivity index (χ0v) is 16.9. The van der Waals surface area contributed by atoms with Crippen molar-refractivity contribution in [3.05, 3.63) is 89.3 Å². The summed E-state index contributed by atoms with van der Waals surface area (Å²) in [5.74, 6) is 0.0266. The Bertz CT molecular complexity index is 1070. The predicted octanol–water partition coefficient (Wildman–Crippen LogP) is 3.65. The summed E-state index contributed by atoms with van der Waals surface area (Å²) in [5, 5.41) is 7.16. The second kappa shape index (κ2) is 8.79. The van der Waals surface area contributed by atoms with Crippen molar-refractivity contribution < 1.29 is 4.79 Å². The number of aromatic nitrogens is 4. The van der Waals surface area contributed by atoms with E-state index in [1.807, 2.05) is 65.9 Å². The molecule has 0 aliphatic rings. The van der Waals surface area contributed by atoms with Crippen LogP contribution in [0.25, 0.3) is 10.7 Å². The van der Waals surface area contributed by atoms with E-state index in [-0.39, 0.29) is 12.3 Å². The number of likely N-dealkylation sites (N-methyl/N-ethyl adjacent to an activating group) is 1. The number of pyridine rings is 1. The van der Waals surface area contributed by atoms with Gasteiger partial charge in [-0.1, -0.05) is 36.4 Å². The number of nitrogens with zero attached hydrogens (tertiary/aromatic N) is 5. The molecule has 3 aromatic heterocycles. The average Bonchev–Trinajstić information content (AvgIpc) is 3.39. The maximum Gasteiger partial charge on any atom is 0.228 e. The predicted molar refractivity (Wildman–Crippen MR) is 113 cm³/mol. The van der Waals surface area contributed by atoms with Gasteiger partial charge in [0.25, 0.3) is 0 Å². The molecule has 1 aromatic carbocycles. The first-order chi connectivity index (χ1) is 14.2. The van der Waals surface area contributed by atoms with E-state index in [0.717, 1.165) is 22.0 Å². The van der Waals surface area contributed by atoms with Crippen molar-refractivity contribution in [2.45, 2.75) is 19.5 Å². The molecule has 0 spiro atoms. The molecule has 0 aliphatic heterocycles. The maximum absolute atomic E-state index is 12.6. The Morgan fingerprint density at radius 1 is 1.10 bits per heavy atom. The third-order valence-corrected chi connectivity index (χ3v) is 5.40. The molecule has 0 unspecified atom stereocenters. The van der Waals surface area contributed by atoms with E-state index < -0.39 is 0 Å². The zero-order valence-electron chi connectivity index (χ0n) is 16.1.